The molecule has 0 saturated heterocycles. The molecule has 2 aromatic carbocycles. The lowest BCUT2D eigenvalue weighted by Gasteiger charge is -2.08. The van der Waals surface area contributed by atoms with Crippen LogP contribution in [0.15, 0.2) is 53.5 Å². The van der Waals surface area contributed by atoms with E-state index >= 15 is 0 Å². The number of aromatic nitrogens is 3. The van der Waals surface area contributed by atoms with Crippen LogP contribution in [0.3, 0.4) is 0 Å². The minimum atomic E-state index is -0.0970. The lowest BCUT2D eigenvalue weighted by molar-refractivity contribution is 1.11. The fourth-order valence-corrected chi connectivity index (χ4v) is 4.67. The summed E-state index contributed by atoms with van der Waals surface area (Å²) in [7, 11) is 0. The Bertz CT molecular complexity index is 1420. The second-order valence-electron chi connectivity index (χ2n) is 6.50. The number of halogens is 1. The van der Waals surface area contributed by atoms with Crippen molar-refractivity contribution in [3.8, 4) is 11.3 Å². The highest BCUT2D eigenvalue weighted by atomic mass is 35.5. The number of pyridine rings is 1. The van der Waals surface area contributed by atoms with E-state index < -0.39 is 0 Å². The molecule has 0 unspecified atom stereocenters. The molecular formula is C21H14ClN3OS. The number of hydrogen-bond acceptors (Lipinski definition) is 4. The molecule has 0 atom stereocenters. The summed E-state index contributed by atoms with van der Waals surface area (Å²) in [5.41, 5.74) is 4.14. The molecule has 27 heavy (non-hydrogen) atoms. The Labute approximate surface area is 163 Å². The molecule has 0 N–H and O–H groups in total. The fraction of sp³-hybridized carbons (Fsp3) is 0.0952. The number of benzene rings is 2. The van der Waals surface area contributed by atoms with Gasteiger partial charge < -0.3 is 0 Å². The van der Waals surface area contributed by atoms with E-state index in [-0.39, 0.29) is 5.56 Å². The van der Waals surface area contributed by atoms with Crippen molar-refractivity contribution in [1.29, 1.82) is 0 Å². The Morgan fingerprint density at radius 1 is 1.00 bits per heavy atom. The molecule has 5 rings (SSSR count). The molecule has 4 nitrogen and oxygen atoms in total. The molecule has 0 amide bonds. The summed E-state index contributed by atoms with van der Waals surface area (Å²) >= 11 is 7.76. The van der Waals surface area contributed by atoms with Gasteiger partial charge in [0.1, 0.15) is 0 Å². The van der Waals surface area contributed by atoms with Crippen LogP contribution in [-0.2, 0) is 0 Å². The molecule has 0 aliphatic rings. The summed E-state index contributed by atoms with van der Waals surface area (Å²) < 4.78 is 1.70. The van der Waals surface area contributed by atoms with Crippen LogP contribution in [0, 0.1) is 13.8 Å². The first-order valence-corrected chi connectivity index (χ1v) is 9.71. The van der Waals surface area contributed by atoms with E-state index in [1.165, 1.54) is 11.3 Å². The standard InChI is InChI=1S/C21H14ClN3OS/c1-11-16(22)9-8-14-17(11)23-10-15-18(14)24-21-25(20(15)26)19(12(2)27-21)13-6-4-3-5-7-13/h3-10H,1-2H3. The van der Waals surface area contributed by atoms with Crippen molar-refractivity contribution >= 4 is 49.7 Å². The predicted octanol–water partition coefficient (Wildman–Crippen LogP) is 5.39. The largest absolute Gasteiger partial charge is 0.268 e. The van der Waals surface area contributed by atoms with Crippen LogP contribution in [-0.4, -0.2) is 14.4 Å². The third kappa shape index (κ3) is 2.32. The van der Waals surface area contributed by atoms with Crippen LogP contribution in [0.25, 0.3) is 38.0 Å². The van der Waals surface area contributed by atoms with Crippen molar-refractivity contribution in [3.05, 3.63) is 74.5 Å². The molecule has 132 valence electrons. The zero-order valence-corrected chi connectivity index (χ0v) is 16.2. The van der Waals surface area contributed by atoms with Crippen LogP contribution in [0.4, 0.5) is 0 Å². The average molecular weight is 392 g/mol. The maximum atomic E-state index is 13.4. The van der Waals surface area contributed by atoms with E-state index in [9.17, 15) is 4.79 Å². The fourth-order valence-electron chi connectivity index (χ4n) is 3.54. The highest BCUT2D eigenvalue weighted by Gasteiger charge is 2.18. The first-order chi connectivity index (χ1) is 13.1. The van der Waals surface area contributed by atoms with Gasteiger partial charge in [-0.1, -0.05) is 41.9 Å². The van der Waals surface area contributed by atoms with Crippen molar-refractivity contribution in [2.45, 2.75) is 13.8 Å². The van der Waals surface area contributed by atoms with Gasteiger partial charge >= 0.3 is 0 Å². The van der Waals surface area contributed by atoms with Crippen molar-refractivity contribution in [1.82, 2.24) is 14.4 Å². The first-order valence-electron chi connectivity index (χ1n) is 8.51. The lowest BCUT2D eigenvalue weighted by atomic mass is 10.1. The van der Waals surface area contributed by atoms with Gasteiger partial charge in [-0.2, -0.15) is 0 Å². The SMILES string of the molecule is Cc1sc2nc3c(cnc4c(C)c(Cl)ccc43)c(=O)n2c1-c1ccccc1. The maximum Gasteiger partial charge on any atom is 0.268 e. The van der Waals surface area contributed by atoms with Crippen molar-refractivity contribution in [2.75, 3.05) is 0 Å². The summed E-state index contributed by atoms with van der Waals surface area (Å²) in [6, 6.07) is 13.6. The molecular weight excluding hydrogens is 378 g/mol. The monoisotopic (exact) mass is 391 g/mol. The summed E-state index contributed by atoms with van der Waals surface area (Å²) in [6.45, 7) is 3.95. The topological polar surface area (TPSA) is 47.3 Å². The van der Waals surface area contributed by atoms with E-state index in [1.807, 2.05) is 56.3 Å². The average Bonchev–Trinajstić information content (AvgIpc) is 3.01. The lowest BCUT2D eigenvalue weighted by Crippen LogP contribution is -2.15. The molecule has 0 saturated carbocycles. The minimum absolute atomic E-state index is 0.0970. The van der Waals surface area contributed by atoms with Crippen LogP contribution in [0.1, 0.15) is 10.4 Å². The quantitative estimate of drug-likeness (QED) is 0.360. The predicted molar refractivity (Wildman–Crippen MR) is 112 cm³/mol. The van der Waals surface area contributed by atoms with Crippen LogP contribution < -0.4 is 5.56 Å². The molecule has 0 radical (unpaired) electrons. The number of nitrogens with zero attached hydrogens (tertiary/aromatic N) is 3. The van der Waals surface area contributed by atoms with Crippen LogP contribution in [0.5, 0.6) is 0 Å². The number of thiazole rings is 1. The summed E-state index contributed by atoms with van der Waals surface area (Å²) in [4.78, 5) is 24.4. The van der Waals surface area contributed by atoms with Gasteiger partial charge in [-0.05, 0) is 37.1 Å². The van der Waals surface area contributed by atoms with Gasteiger partial charge in [-0.25, -0.2) is 4.98 Å². The Kier molecular flexibility index (Phi) is 3.57. The van der Waals surface area contributed by atoms with E-state index in [4.69, 9.17) is 16.6 Å². The second-order valence-corrected chi connectivity index (χ2v) is 8.09. The molecule has 0 spiro atoms. The van der Waals surface area contributed by atoms with Gasteiger partial charge in [-0.3, -0.25) is 14.2 Å². The highest BCUT2D eigenvalue weighted by Crippen LogP contribution is 2.32. The molecule has 3 heterocycles. The highest BCUT2D eigenvalue weighted by molar-refractivity contribution is 7.17. The molecule has 5 aromatic rings. The van der Waals surface area contributed by atoms with Crippen molar-refractivity contribution in [2.24, 2.45) is 0 Å². The van der Waals surface area contributed by atoms with Gasteiger partial charge in [0.15, 0.2) is 4.96 Å². The van der Waals surface area contributed by atoms with Gasteiger partial charge in [0.05, 0.1) is 22.1 Å². The first kappa shape index (κ1) is 16.4. The maximum absolute atomic E-state index is 13.4. The Morgan fingerprint density at radius 3 is 2.56 bits per heavy atom. The van der Waals surface area contributed by atoms with E-state index in [0.29, 0.717) is 20.9 Å². The Balaban J connectivity index is 1.96. The molecule has 0 fully saturated rings. The van der Waals surface area contributed by atoms with Gasteiger partial charge in [-0.15, -0.1) is 11.3 Å². The number of rotatable bonds is 1. The summed E-state index contributed by atoms with van der Waals surface area (Å²) in [5, 5.41) is 2.02. The zero-order chi connectivity index (χ0) is 18.7. The van der Waals surface area contributed by atoms with E-state index in [1.54, 1.807) is 10.6 Å². The molecule has 3 aromatic heterocycles. The van der Waals surface area contributed by atoms with Gasteiger partial charge in [0.25, 0.3) is 5.56 Å². The van der Waals surface area contributed by atoms with E-state index in [0.717, 1.165) is 32.6 Å². The summed E-state index contributed by atoms with van der Waals surface area (Å²) in [6.07, 6.45) is 1.62. The molecule has 6 heteroatoms. The third-order valence-corrected chi connectivity index (χ3v) is 6.24. The summed E-state index contributed by atoms with van der Waals surface area (Å²) in [5.74, 6) is 0. The van der Waals surface area contributed by atoms with Crippen molar-refractivity contribution in [3.63, 3.8) is 0 Å². The smallest absolute Gasteiger partial charge is 0.268 e. The number of aryl methyl sites for hydroxylation is 2. The van der Waals surface area contributed by atoms with Gasteiger partial charge in [0, 0.05) is 21.5 Å². The number of fused-ring (bicyclic) bond motifs is 4. The van der Waals surface area contributed by atoms with Gasteiger partial charge in [0.2, 0.25) is 0 Å². The second kappa shape index (κ2) is 5.87. The Morgan fingerprint density at radius 2 is 1.78 bits per heavy atom. The molecule has 0 aliphatic heterocycles. The Hall–Kier alpha value is -2.76. The van der Waals surface area contributed by atoms with E-state index in [2.05, 4.69) is 4.98 Å². The van der Waals surface area contributed by atoms with Crippen molar-refractivity contribution < 1.29 is 0 Å². The van der Waals surface area contributed by atoms with Crippen LogP contribution >= 0.6 is 22.9 Å². The normalized spacial score (nSPS) is 11.7. The molecule has 0 aliphatic carbocycles. The third-order valence-electron chi connectivity index (χ3n) is 4.88. The van der Waals surface area contributed by atoms with Crippen LogP contribution in [0.2, 0.25) is 5.02 Å². The molecule has 0 bridgehead atoms. The number of hydrogen-bond donors (Lipinski definition) is 0. The zero-order valence-electron chi connectivity index (χ0n) is 14.7. The minimum Gasteiger partial charge on any atom is -0.268 e.